The number of nitrogens with one attached hydrogen (secondary N) is 1. The molecule has 0 bridgehead atoms. The molecule has 1 atom stereocenters. The van der Waals surface area contributed by atoms with Crippen molar-refractivity contribution in [3.63, 3.8) is 0 Å². The Kier molecular flexibility index (Phi) is 4.62. The molecule has 0 spiro atoms. The van der Waals surface area contributed by atoms with Crippen LogP contribution in [0, 0.1) is 5.92 Å². The molecule has 2 heterocycles. The number of methoxy groups -OCH3 is 1. The van der Waals surface area contributed by atoms with E-state index in [-0.39, 0.29) is 0 Å². The number of ether oxygens (including phenoxy) is 2. The fraction of sp³-hybridized carbons (Fsp3) is 0.615. The van der Waals surface area contributed by atoms with Crippen molar-refractivity contribution in [1.82, 2.24) is 10.3 Å². The van der Waals surface area contributed by atoms with Crippen LogP contribution < -0.4 is 14.8 Å². The van der Waals surface area contributed by atoms with E-state index in [9.17, 15) is 0 Å². The monoisotopic (exact) mass is 236 g/mol. The molecule has 1 fully saturated rings. The molecule has 1 aliphatic heterocycles. The first-order valence-electron chi connectivity index (χ1n) is 6.22. The number of hydrogen-bond donors (Lipinski definition) is 1. The number of aromatic nitrogens is 1. The maximum absolute atomic E-state index is 5.70. The summed E-state index contributed by atoms with van der Waals surface area (Å²) in [6.45, 7) is 3.06. The van der Waals surface area contributed by atoms with Gasteiger partial charge in [-0.05, 0) is 44.3 Å². The number of piperidine rings is 1. The molecular formula is C13H20N2O2. The minimum atomic E-state index is 0.599. The molecule has 1 unspecified atom stereocenters. The second-order valence-electron chi connectivity index (χ2n) is 4.38. The van der Waals surface area contributed by atoms with Crippen LogP contribution in [0.1, 0.15) is 19.3 Å². The second kappa shape index (κ2) is 6.45. The topological polar surface area (TPSA) is 43.4 Å². The SMILES string of the molecule is COc1cc(OCCC2CCCNC2)ccn1. The van der Waals surface area contributed by atoms with E-state index >= 15 is 0 Å². The lowest BCUT2D eigenvalue weighted by molar-refractivity contribution is 0.253. The Bertz CT molecular complexity index is 338. The van der Waals surface area contributed by atoms with E-state index in [0.717, 1.165) is 31.2 Å². The lowest BCUT2D eigenvalue weighted by Crippen LogP contribution is -2.30. The van der Waals surface area contributed by atoms with Gasteiger partial charge in [-0.2, -0.15) is 0 Å². The van der Waals surface area contributed by atoms with Gasteiger partial charge in [-0.25, -0.2) is 4.98 Å². The summed E-state index contributed by atoms with van der Waals surface area (Å²) in [5.74, 6) is 2.19. The maximum atomic E-state index is 5.70. The lowest BCUT2D eigenvalue weighted by atomic mass is 9.97. The van der Waals surface area contributed by atoms with E-state index in [0.29, 0.717) is 5.88 Å². The average molecular weight is 236 g/mol. The lowest BCUT2D eigenvalue weighted by Gasteiger charge is -2.22. The highest BCUT2D eigenvalue weighted by atomic mass is 16.5. The first kappa shape index (κ1) is 12.2. The van der Waals surface area contributed by atoms with Crippen LogP contribution in [-0.2, 0) is 0 Å². The van der Waals surface area contributed by atoms with Gasteiger partial charge in [0.15, 0.2) is 0 Å². The fourth-order valence-electron chi connectivity index (χ4n) is 2.11. The molecule has 1 N–H and O–H groups in total. The van der Waals surface area contributed by atoms with E-state index in [2.05, 4.69) is 10.3 Å². The van der Waals surface area contributed by atoms with E-state index < -0.39 is 0 Å². The van der Waals surface area contributed by atoms with Gasteiger partial charge in [-0.3, -0.25) is 0 Å². The number of hydrogen-bond acceptors (Lipinski definition) is 4. The molecule has 4 heteroatoms. The van der Waals surface area contributed by atoms with Crippen molar-refractivity contribution in [3.8, 4) is 11.6 Å². The summed E-state index contributed by atoms with van der Waals surface area (Å²) >= 11 is 0. The Morgan fingerprint density at radius 1 is 1.53 bits per heavy atom. The molecule has 0 radical (unpaired) electrons. The van der Waals surface area contributed by atoms with Gasteiger partial charge in [0.25, 0.3) is 0 Å². The van der Waals surface area contributed by atoms with Crippen LogP contribution in [0.25, 0.3) is 0 Å². The molecule has 2 rings (SSSR count). The van der Waals surface area contributed by atoms with Gasteiger partial charge in [-0.15, -0.1) is 0 Å². The highest BCUT2D eigenvalue weighted by molar-refractivity contribution is 5.25. The Morgan fingerprint density at radius 3 is 3.24 bits per heavy atom. The summed E-state index contributed by atoms with van der Waals surface area (Å²) in [5.41, 5.74) is 0. The fourth-order valence-corrected chi connectivity index (χ4v) is 2.11. The summed E-state index contributed by atoms with van der Waals surface area (Å²) < 4.78 is 10.8. The summed E-state index contributed by atoms with van der Waals surface area (Å²) in [5, 5.41) is 3.42. The third kappa shape index (κ3) is 3.89. The van der Waals surface area contributed by atoms with Crippen LogP contribution in [0.3, 0.4) is 0 Å². The first-order chi connectivity index (χ1) is 8.38. The second-order valence-corrected chi connectivity index (χ2v) is 4.38. The molecule has 17 heavy (non-hydrogen) atoms. The van der Waals surface area contributed by atoms with E-state index in [1.807, 2.05) is 12.1 Å². The van der Waals surface area contributed by atoms with E-state index in [1.54, 1.807) is 13.3 Å². The summed E-state index contributed by atoms with van der Waals surface area (Å²) in [6, 6.07) is 3.68. The van der Waals surface area contributed by atoms with E-state index in [1.165, 1.54) is 19.4 Å². The first-order valence-corrected chi connectivity index (χ1v) is 6.22. The molecule has 1 aromatic rings. The third-order valence-corrected chi connectivity index (χ3v) is 3.11. The standard InChI is InChI=1S/C13H20N2O2/c1-16-13-9-12(4-7-15-13)17-8-5-11-3-2-6-14-10-11/h4,7,9,11,14H,2-3,5-6,8,10H2,1H3. The number of nitrogens with zero attached hydrogens (tertiary/aromatic N) is 1. The zero-order chi connectivity index (χ0) is 11.9. The summed E-state index contributed by atoms with van der Waals surface area (Å²) in [6.07, 6.45) is 5.41. The minimum absolute atomic E-state index is 0.599. The van der Waals surface area contributed by atoms with Crippen molar-refractivity contribution in [1.29, 1.82) is 0 Å². The maximum Gasteiger partial charge on any atom is 0.216 e. The zero-order valence-electron chi connectivity index (χ0n) is 10.3. The van der Waals surface area contributed by atoms with Gasteiger partial charge < -0.3 is 14.8 Å². The molecule has 0 aliphatic carbocycles. The molecular weight excluding hydrogens is 216 g/mol. The van der Waals surface area contributed by atoms with Crippen LogP contribution in [0.15, 0.2) is 18.3 Å². The van der Waals surface area contributed by atoms with Gasteiger partial charge in [0.05, 0.1) is 13.7 Å². The van der Waals surface area contributed by atoms with Gasteiger partial charge in [0.1, 0.15) is 5.75 Å². The molecule has 1 aliphatic rings. The van der Waals surface area contributed by atoms with Crippen molar-refractivity contribution in [2.24, 2.45) is 5.92 Å². The highest BCUT2D eigenvalue weighted by Gasteiger charge is 2.12. The van der Waals surface area contributed by atoms with Gasteiger partial charge in [0.2, 0.25) is 5.88 Å². The van der Waals surface area contributed by atoms with Crippen LogP contribution in [0.2, 0.25) is 0 Å². The third-order valence-electron chi connectivity index (χ3n) is 3.11. The Labute approximate surface area is 102 Å². The molecule has 4 nitrogen and oxygen atoms in total. The van der Waals surface area contributed by atoms with Crippen LogP contribution in [0.5, 0.6) is 11.6 Å². The van der Waals surface area contributed by atoms with Gasteiger partial charge in [0, 0.05) is 12.3 Å². The number of rotatable bonds is 5. The zero-order valence-corrected chi connectivity index (χ0v) is 10.3. The minimum Gasteiger partial charge on any atom is -0.493 e. The van der Waals surface area contributed by atoms with Crippen LogP contribution in [-0.4, -0.2) is 31.8 Å². The molecule has 0 amide bonds. The van der Waals surface area contributed by atoms with Crippen molar-refractivity contribution < 1.29 is 9.47 Å². The predicted molar refractivity (Wildman–Crippen MR) is 66.5 cm³/mol. The van der Waals surface area contributed by atoms with Gasteiger partial charge >= 0.3 is 0 Å². The van der Waals surface area contributed by atoms with Gasteiger partial charge in [-0.1, -0.05) is 0 Å². The Hall–Kier alpha value is -1.29. The molecule has 0 saturated carbocycles. The smallest absolute Gasteiger partial charge is 0.216 e. The van der Waals surface area contributed by atoms with Crippen molar-refractivity contribution in [2.45, 2.75) is 19.3 Å². The predicted octanol–water partition coefficient (Wildman–Crippen LogP) is 1.86. The average Bonchev–Trinajstić information content (AvgIpc) is 2.40. The quantitative estimate of drug-likeness (QED) is 0.847. The molecule has 94 valence electrons. The summed E-state index contributed by atoms with van der Waals surface area (Å²) in [4.78, 5) is 4.04. The van der Waals surface area contributed by atoms with Crippen molar-refractivity contribution in [2.75, 3.05) is 26.8 Å². The van der Waals surface area contributed by atoms with Crippen LogP contribution >= 0.6 is 0 Å². The van der Waals surface area contributed by atoms with Crippen molar-refractivity contribution in [3.05, 3.63) is 18.3 Å². The number of pyridine rings is 1. The van der Waals surface area contributed by atoms with Crippen molar-refractivity contribution >= 4 is 0 Å². The largest absolute Gasteiger partial charge is 0.493 e. The van der Waals surface area contributed by atoms with Crippen LogP contribution in [0.4, 0.5) is 0 Å². The highest BCUT2D eigenvalue weighted by Crippen LogP contribution is 2.18. The Morgan fingerprint density at radius 2 is 2.47 bits per heavy atom. The van der Waals surface area contributed by atoms with E-state index in [4.69, 9.17) is 9.47 Å². The normalized spacial score (nSPS) is 19.9. The molecule has 1 aromatic heterocycles. The Balaban J connectivity index is 1.73. The molecule has 1 saturated heterocycles. The summed E-state index contributed by atoms with van der Waals surface area (Å²) in [7, 11) is 1.61. The molecule has 0 aromatic carbocycles.